The van der Waals surface area contributed by atoms with Crippen LogP contribution in [0, 0.1) is 0 Å². The molecular weight excluding hydrogens is 608 g/mol. The van der Waals surface area contributed by atoms with Crippen molar-refractivity contribution in [2.45, 2.75) is 0 Å². The van der Waals surface area contributed by atoms with Gasteiger partial charge in [0.05, 0.1) is 18.2 Å². The highest BCUT2D eigenvalue weighted by molar-refractivity contribution is 9.13. The summed E-state index contributed by atoms with van der Waals surface area (Å²) in [5.41, 5.74) is 0.999. The van der Waals surface area contributed by atoms with E-state index in [1.54, 1.807) is 23.9 Å². The van der Waals surface area contributed by atoms with Gasteiger partial charge >= 0.3 is 0 Å². The van der Waals surface area contributed by atoms with E-state index in [9.17, 15) is 9.59 Å². The van der Waals surface area contributed by atoms with Crippen molar-refractivity contribution >= 4 is 87.3 Å². The van der Waals surface area contributed by atoms with Crippen molar-refractivity contribution in [2.24, 2.45) is 0 Å². The predicted octanol–water partition coefficient (Wildman–Crippen LogP) is 4.29. The second-order valence-corrected chi connectivity index (χ2v) is 9.33. The lowest BCUT2D eigenvalue weighted by atomic mass is 10.4. The number of aromatic nitrogens is 2. The summed E-state index contributed by atoms with van der Waals surface area (Å²) in [5, 5.41) is 5.68. The first-order valence-electron chi connectivity index (χ1n) is 7.10. The van der Waals surface area contributed by atoms with Crippen LogP contribution in [0.4, 0.5) is 0 Å². The van der Waals surface area contributed by atoms with Crippen LogP contribution in [0.15, 0.2) is 30.3 Å². The average Bonchev–Trinajstić information content (AvgIpc) is 3.08. The van der Waals surface area contributed by atoms with Crippen LogP contribution in [0.3, 0.4) is 0 Å². The number of hydrogen-bond donors (Lipinski definition) is 4. The third-order valence-electron chi connectivity index (χ3n) is 3.00. The van der Waals surface area contributed by atoms with E-state index in [0.717, 1.165) is 29.7 Å². The first kappa shape index (κ1) is 21.1. The molecule has 0 spiro atoms. The van der Waals surface area contributed by atoms with E-state index < -0.39 is 0 Å². The fourth-order valence-electron chi connectivity index (χ4n) is 1.82. The van der Waals surface area contributed by atoms with Gasteiger partial charge in [-0.1, -0.05) is 0 Å². The standard InChI is InChI=1S/C14H14Br4N4O2S/c15-7-5-9(21-11(7)17)13(23)19-1-3-25-4-2-20-14(24)10-6-8(16)12(18)22-10/h5-6,21-22H,1-4H2,(H,19,23)(H,20,24). The summed E-state index contributed by atoms with van der Waals surface area (Å²) in [4.78, 5) is 29.7. The Kier molecular flexibility index (Phi) is 8.59. The summed E-state index contributed by atoms with van der Waals surface area (Å²) in [6, 6.07) is 3.44. The molecular formula is C14H14Br4N4O2S. The molecule has 0 aliphatic carbocycles. The van der Waals surface area contributed by atoms with Gasteiger partial charge in [-0.2, -0.15) is 11.8 Å². The number of carbonyl (C=O) groups excluding carboxylic acids is 2. The van der Waals surface area contributed by atoms with Crippen LogP contribution in [0.2, 0.25) is 0 Å². The van der Waals surface area contributed by atoms with Gasteiger partial charge in [-0.3, -0.25) is 9.59 Å². The Morgan fingerprint density at radius 2 is 1.24 bits per heavy atom. The van der Waals surface area contributed by atoms with Crippen LogP contribution >= 0.6 is 75.5 Å². The molecule has 0 fully saturated rings. The van der Waals surface area contributed by atoms with Gasteiger partial charge in [0.25, 0.3) is 11.8 Å². The van der Waals surface area contributed by atoms with E-state index in [0.29, 0.717) is 24.5 Å². The smallest absolute Gasteiger partial charge is 0.267 e. The summed E-state index contributed by atoms with van der Waals surface area (Å²) in [5.74, 6) is 1.24. The molecule has 0 atom stereocenters. The largest absolute Gasteiger partial charge is 0.350 e. The second kappa shape index (κ2) is 10.2. The lowest BCUT2D eigenvalue weighted by molar-refractivity contribution is 0.0944. The predicted molar refractivity (Wildman–Crippen MR) is 114 cm³/mol. The van der Waals surface area contributed by atoms with Crippen LogP contribution in [0.5, 0.6) is 0 Å². The van der Waals surface area contributed by atoms with E-state index in [2.05, 4.69) is 84.3 Å². The fourth-order valence-corrected chi connectivity index (χ4v) is 3.83. The number of halogens is 4. The SMILES string of the molecule is O=C(NCCSCCNC(=O)c1cc(Br)c(Br)[nH]1)c1cc(Br)c(Br)[nH]1. The number of nitrogens with one attached hydrogen (secondary N) is 4. The zero-order valence-corrected chi connectivity index (χ0v) is 19.9. The Hall–Kier alpha value is -0.230. The molecule has 2 aromatic rings. The van der Waals surface area contributed by atoms with Gasteiger partial charge in [-0.05, 0) is 75.9 Å². The molecule has 11 heteroatoms. The zero-order chi connectivity index (χ0) is 18.4. The molecule has 25 heavy (non-hydrogen) atoms. The Labute approximate surface area is 182 Å². The maximum absolute atomic E-state index is 11.9. The van der Waals surface area contributed by atoms with Crippen molar-refractivity contribution in [3.63, 3.8) is 0 Å². The molecule has 2 aromatic heterocycles. The van der Waals surface area contributed by atoms with E-state index in [-0.39, 0.29) is 11.8 Å². The Balaban J connectivity index is 1.57. The molecule has 6 nitrogen and oxygen atoms in total. The van der Waals surface area contributed by atoms with Crippen molar-refractivity contribution in [2.75, 3.05) is 24.6 Å². The topological polar surface area (TPSA) is 89.8 Å². The second-order valence-electron chi connectivity index (χ2n) is 4.81. The molecule has 136 valence electrons. The summed E-state index contributed by atoms with van der Waals surface area (Å²) in [6.07, 6.45) is 0. The molecule has 0 aliphatic heterocycles. The van der Waals surface area contributed by atoms with Crippen molar-refractivity contribution in [1.82, 2.24) is 20.6 Å². The highest BCUT2D eigenvalue weighted by Crippen LogP contribution is 2.23. The Morgan fingerprint density at radius 1 is 0.840 bits per heavy atom. The van der Waals surface area contributed by atoms with E-state index in [1.807, 2.05) is 0 Å². The van der Waals surface area contributed by atoms with Gasteiger partial charge in [-0.15, -0.1) is 0 Å². The Bertz CT molecular complexity index is 661. The number of amides is 2. The van der Waals surface area contributed by atoms with Crippen molar-refractivity contribution < 1.29 is 9.59 Å². The molecule has 2 heterocycles. The third kappa shape index (κ3) is 6.46. The summed E-state index contributed by atoms with van der Waals surface area (Å²) in [6.45, 7) is 1.12. The summed E-state index contributed by atoms with van der Waals surface area (Å²) < 4.78 is 3.10. The first-order chi connectivity index (χ1) is 11.9. The van der Waals surface area contributed by atoms with Crippen LogP contribution in [-0.2, 0) is 0 Å². The van der Waals surface area contributed by atoms with E-state index in [1.165, 1.54) is 0 Å². The minimum absolute atomic E-state index is 0.150. The van der Waals surface area contributed by atoms with Gasteiger partial charge in [0.15, 0.2) is 0 Å². The highest BCUT2D eigenvalue weighted by atomic mass is 79.9. The zero-order valence-electron chi connectivity index (χ0n) is 12.7. The molecule has 0 aliphatic rings. The molecule has 0 bridgehead atoms. The lowest BCUT2D eigenvalue weighted by Gasteiger charge is -2.05. The molecule has 0 aromatic carbocycles. The van der Waals surface area contributed by atoms with Gasteiger partial charge in [0, 0.05) is 24.6 Å². The maximum atomic E-state index is 11.9. The first-order valence-corrected chi connectivity index (χ1v) is 11.4. The number of rotatable bonds is 8. The number of aromatic amines is 2. The van der Waals surface area contributed by atoms with E-state index >= 15 is 0 Å². The fraction of sp³-hybridized carbons (Fsp3) is 0.286. The van der Waals surface area contributed by atoms with Crippen molar-refractivity contribution in [3.05, 3.63) is 41.7 Å². The van der Waals surface area contributed by atoms with E-state index in [4.69, 9.17) is 0 Å². The van der Waals surface area contributed by atoms with Crippen LogP contribution in [0.1, 0.15) is 21.0 Å². The molecule has 0 saturated carbocycles. The average molecular weight is 622 g/mol. The number of carbonyl (C=O) groups is 2. The number of H-pyrrole nitrogens is 2. The molecule has 0 saturated heterocycles. The van der Waals surface area contributed by atoms with Crippen LogP contribution < -0.4 is 10.6 Å². The molecule has 2 rings (SSSR count). The van der Waals surface area contributed by atoms with Crippen molar-refractivity contribution in [3.8, 4) is 0 Å². The van der Waals surface area contributed by atoms with Gasteiger partial charge < -0.3 is 20.6 Å². The number of hydrogen-bond acceptors (Lipinski definition) is 3. The summed E-state index contributed by atoms with van der Waals surface area (Å²) >= 11 is 14.9. The highest BCUT2D eigenvalue weighted by Gasteiger charge is 2.11. The van der Waals surface area contributed by atoms with Gasteiger partial charge in [0.2, 0.25) is 0 Å². The maximum Gasteiger partial charge on any atom is 0.267 e. The molecule has 0 radical (unpaired) electrons. The minimum Gasteiger partial charge on any atom is -0.350 e. The van der Waals surface area contributed by atoms with Crippen LogP contribution in [0.25, 0.3) is 0 Å². The quantitative estimate of drug-likeness (QED) is 0.332. The lowest BCUT2D eigenvalue weighted by Crippen LogP contribution is -2.28. The molecule has 4 N–H and O–H groups in total. The van der Waals surface area contributed by atoms with Crippen LogP contribution in [-0.4, -0.2) is 46.4 Å². The number of thioether (sulfide) groups is 1. The normalized spacial score (nSPS) is 10.7. The monoisotopic (exact) mass is 618 g/mol. The van der Waals surface area contributed by atoms with Gasteiger partial charge in [0.1, 0.15) is 11.4 Å². The summed E-state index contributed by atoms with van der Waals surface area (Å²) in [7, 11) is 0. The van der Waals surface area contributed by atoms with Gasteiger partial charge in [-0.25, -0.2) is 0 Å². The van der Waals surface area contributed by atoms with Crippen molar-refractivity contribution in [1.29, 1.82) is 0 Å². The molecule has 0 unspecified atom stereocenters. The Morgan fingerprint density at radius 3 is 1.56 bits per heavy atom. The third-order valence-corrected chi connectivity index (χ3v) is 7.55. The molecule has 2 amide bonds. The minimum atomic E-state index is -0.150.